The number of aryl methyl sites for hydroxylation is 1. The minimum absolute atomic E-state index is 0.106. The molecule has 1 fully saturated rings. The van der Waals surface area contributed by atoms with Crippen LogP contribution in [0, 0.1) is 11.3 Å². The van der Waals surface area contributed by atoms with E-state index in [2.05, 4.69) is 10.3 Å². The number of hydrogen-bond donors (Lipinski definition) is 1. The molecule has 142 valence electrons. The lowest BCUT2D eigenvalue weighted by atomic mass is 10.1. The van der Waals surface area contributed by atoms with Crippen molar-refractivity contribution in [3.63, 3.8) is 0 Å². The van der Waals surface area contributed by atoms with Gasteiger partial charge < -0.3 is 14.8 Å². The number of nitrogens with one attached hydrogen (secondary N) is 1. The van der Waals surface area contributed by atoms with E-state index >= 15 is 0 Å². The largest absolute Gasteiger partial charge is 0.366 e. The van der Waals surface area contributed by atoms with Crippen molar-refractivity contribution in [2.75, 3.05) is 23.3 Å². The van der Waals surface area contributed by atoms with Crippen LogP contribution in [0.3, 0.4) is 0 Å². The van der Waals surface area contributed by atoms with Crippen LogP contribution in [0.4, 0.5) is 11.6 Å². The molecular weight excluding hydrogens is 350 g/mol. The van der Waals surface area contributed by atoms with Crippen molar-refractivity contribution < 1.29 is 0 Å². The highest BCUT2D eigenvalue weighted by Crippen LogP contribution is 2.18. The quantitative estimate of drug-likeness (QED) is 0.745. The number of piperidine rings is 1. The molecule has 0 spiro atoms. The van der Waals surface area contributed by atoms with Gasteiger partial charge in [0.05, 0.1) is 0 Å². The molecular formula is C17H21N7O3. The third-order valence-electron chi connectivity index (χ3n) is 4.84. The fraction of sp³-hybridized carbons (Fsp3) is 0.471. The van der Waals surface area contributed by atoms with Gasteiger partial charge in [-0.2, -0.15) is 5.26 Å². The Labute approximate surface area is 154 Å². The molecule has 0 radical (unpaired) electrons. The Morgan fingerprint density at radius 3 is 2.63 bits per heavy atom. The summed E-state index contributed by atoms with van der Waals surface area (Å²) in [6.45, 7) is 1.16. The first-order valence-electron chi connectivity index (χ1n) is 8.58. The number of nitriles is 1. The zero-order chi connectivity index (χ0) is 19.7. The predicted octanol–water partition coefficient (Wildman–Crippen LogP) is -0.870. The molecule has 10 nitrogen and oxygen atoms in total. The van der Waals surface area contributed by atoms with Crippen molar-refractivity contribution >= 4 is 11.6 Å². The lowest BCUT2D eigenvalue weighted by Gasteiger charge is -2.34. The average molecular weight is 371 g/mol. The predicted molar refractivity (Wildman–Crippen MR) is 100.0 cm³/mol. The maximum absolute atomic E-state index is 12.3. The molecule has 1 saturated heterocycles. The van der Waals surface area contributed by atoms with Gasteiger partial charge in [0.25, 0.3) is 11.1 Å². The monoisotopic (exact) mass is 371 g/mol. The SMILES string of the molecule is Cn1ccnc(N2CCC[C@H](Nc3c(C#N)c(=O)n(C)c(=O)n3C)C2)c1=O. The average Bonchev–Trinajstić information content (AvgIpc) is 2.67. The molecule has 0 unspecified atom stereocenters. The van der Waals surface area contributed by atoms with Crippen LogP contribution in [0.5, 0.6) is 0 Å². The van der Waals surface area contributed by atoms with Gasteiger partial charge in [-0.1, -0.05) is 0 Å². The van der Waals surface area contributed by atoms with E-state index in [1.807, 2.05) is 11.0 Å². The van der Waals surface area contributed by atoms with E-state index in [1.165, 1.54) is 23.2 Å². The molecule has 0 bridgehead atoms. The molecule has 1 aliphatic heterocycles. The Morgan fingerprint density at radius 2 is 1.93 bits per heavy atom. The lowest BCUT2D eigenvalue weighted by molar-refractivity contribution is 0.518. The minimum Gasteiger partial charge on any atom is -0.366 e. The maximum atomic E-state index is 12.3. The second-order valence-corrected chi connectivity index (χ2v) is 6.64. The van der Waals surface area contributed by atoms with Crippen LogP contribution in [0.15, 0.2) is 26.8 Å². The van der Waals surface area contributed by atoms with Crippen LogP contribution in [-0.4, -0.2) is 37.8 Å². The Morgan fingerprint density at radius 1 is 1.19 bits per heavy atom. The summed E-state index contributed by atoms with van der Waals surface area (Å²) in [5.41, 5.74) is -1.43. The Kier molecular flexibility index (Phi) is 4.85. The van der Waals surface area contributed by atoms with Gasteiger partial charge in [-0.05, 0) is 12.8 Å². The van der Waals surface area contributed by atoms with E-state index in [0.717, 1.165) is 17.4 Å². The van der Waals surface area contributed by atoms with Gasteiger partial charge in [-0.15, -0.1) is 0 Å². The molecule has 1 atom stereocenters. The second kappa shape index (κ2) is 7.11. The molecule has 3 heterocycles. The summed E-state index contributed by atoms with van der Waals surface area (Å²) in [7, 11) is 4.52. The molecule has 3 rings (SSSR count). The van der Waals surface area contributed by atoms with Crippen LogP contribution in [-0.2, 0) is 21.1 Å². The third kappa shape index (κ3) is 3.23. The van der Waals surface area contributed by atoms with Gasteiger partial charge in [0.1, 0.15) is 11.9 Å². The first kappa shape index (κ1) is 18.4. The van der Waals surface area contributed by atoms with Crippen LogP contribution in [0.25, 0.3) is 0 Å². The summed E-state index contributed by atoms with van der Waals surface area (Å²) < 4.78 is 3.64. The van der Waals surface area contributed by atoms with Gasteiger partial charge in [-0.3, -0.25) is 18.7 Å². The Balaban J connectivity index is 1.93. The van der Waals surface area contributed by atoms with Crippen molar-refractivity contribution in [1.82, 2.24) is 18.7 Å². The van der Waals surface area contributed by atoms with Crippen molar-refractivity contribution in [3.8, 4) is 6.07 Å². The maximum Gasteiger partial charge on any atom is 0.332 e. The van der Waals surface area contributed by atoms with Gasteiger partial charge in [0, 0.05) is 52.7 Å². The van der Waals surface area contributed by atoms with Crippen LogP contribution < -0.4 is 27.0 Å². The standard InChI is InChI=1S/C17H21N7O3/c1-21-8-6-19-14(16(21)26)24-7-4-5-11(10-24)20-13-12(9-18)15(25)23(3)17(27)22(13)2/h6,8,11,20H,4-5,7,10H2,1-3H3/t11-/m0/s1. The Hall–Kier alpha value is -3.35. The van der Waals surface area contributed by atoms with E-state index in [-0.39, 0.29) is 23.0 Å². The topological polar surface area (TPSA) is 118 Å². The van der Waals surface area contributed by atoms with E-state index in [1.54, 1.807) is 19.4 Å². The van der Waals surface area contributed by atoms with E-state index in [4.69, 9.17) is 0 Å². The first-order valence-corrected chi connectivity index (χ1v) is 8.58. The molecule has 1 aliphatic rings. The van der Waals surface area contributed by atoms with E-state index < -0.39 is 11.2 Å². The fourth-order valence-corrected chi connectivity index (χ4v) is 3.30. The normalized spacial score (nSPS) is 16.8. The summed E-state index contributed by atoms with van der Waals surface area (Å²) in [5, 5.41) is 12.5. The van der Waals surface area contributed by atoms with Gasteiger partial charge >= 0.3 is 5.69 Å². The summed E-state index contributed by atoms with van der Waals surface area (Å²) in [6, 6.07) is 1.74. The van der Waals surface area contributed by atoms with E-state index in [9.17, 15) is 19.6 Å². The number of anilines is 2. The van der Waals surface area contributed by atoms with Crippen LogP contribution in [0.2, 0.25) is 0 Å². The zero-order valence-electron chi connectivity index (χ0n) is 15.5. The molecule has 2 aromatic heterocycles. The third-order valence-corrected chi connectivity index (χ3v) is 4.84. The number of aromatic nitrogens is 4. The van der Waals surface area contributed by atoms with Crippen molar-refractivity contribution in [2.45, 2.75) is 18.9 Å². The van der Waals surface area contributed by atoms with Gasteiger partial charge in [0.2, 0.25) is 0 Å². The summed E-state index contributed by atoms with van der Waals surface area (Å²) in [4.78, 5) is 42.8. The highest BCUT2D eigenvalue weighted by molar-refractivity contribution is 5.52. The van der Waals surface area contributed by atoms with Gasteiger partial charge in [0.15, 0.2) is 11.4 Å². The number of nitrogens with zero attached hydrogens (tertiary/aromatic N) is 6. The molecule has 0 aliphatic carbocycles. The zero-order valence-corrected chi connectivity index (χ0v) is 15.5. The van der Waals surface area contributed by atoms with Crippen molar-refractivity contribution in [3.05, 3.63) is 49.1 Å². The van der Waals surface area contributed by atoms with E-state index in [0.29, 0.717) is 18.9 Å². The smallest absolute Gasteiger partial charge is 0.332 e. The van der Waals surface area contributed by atoms with Crippen molar-refractivity contribution in [2.24, 2.45) is 21.1 Å². The summed E-state index contributed by atoms with van der Waals surface area (Å²) >= 11 is 0. The highest BCUT2D eigenvalue weighted by atomic mass is 16.2. The molecule has 0 amide bonds. The first-order chi connectivity index (χ1) is 12.8. The highest BCUT2D eigenvalue weighted by Gasteiger charge is 2.25. The second-order valence-electron chi connectivity index (χ2n) is 6.64. The molecule has 1 N–H and O–H groups in total. The number of rotatable bonds is 3. The lowest BCUT2D eigenvalue weighted by Crippen LogP contribution is -2.47. The van der Waals surface area contributed by atoms with Crippen LogP contribution >= 0.6 is 0 Å². The summed E-state index contributed by atoms with van der Waals surface area (Å²) in [6.07, 6.45) is 4.75. The van der Waals surface area contributed by atoms with Crippen molar-refractivity contribution in [1.29, 1.82) is 5.26 Å². The summed E-state index contributed by atoms with van der Waals surface area (Å²) in [5.74, 6) is 0.566. The minimum atomic E-state index is -0.630. The Bertz CT molecular complexity index is 1090. The molecule has 10 heteroatoms. The fourth-order valence-electron chi connectivity index (χ4n) is 3.30. The van der Waals surface area contributed by atoms with Gasteiger partial charge in [-0.25, -0.2) is 9.78 Å². The van der Waals surface area contributed by atoms with Crippen LogP contribution in [0.1, 0.15) is 18.4 Å². The molecule has 27 heavy (non-hydrogen) atoms. The number of hydrogen-bond acceptors (Lipinski definition) is 7. The molecule has 0 saturated carbocycles. The molecule has 0 aromatic carbocycles. The molecule has 2 aromatic rings.